The minimum absolute atomic E-state index is 0.143. The summed E-state index contributed by atoms with van der Waals surface area (Å²) in [6.07, 6.45) is 5.16. The lowest BCUT2D eigenvalue weighted by atomic mass is 10.1. The van der Waals surface area contributed by atoms with Crippen molar-refractivity contribution >= 4 is 27.4 Å². The molecule has 21 heavy (non-hydrogen) atoms. The molecule has 0 aromatic heterocycles. The second-order valence-corrected chi connectivity index (χ2v) is 7.58. The van der Waals surface area contributed by atoms with Crippen LogP contribution in [0.1, 0.15) is 44.9 Å². The van der Waals surface area contributed by atoms with E-state index < -0.39 is 15.8 Å². The maximum Gasteiger partial charge on any atom is 0.303 e. The van der Waals surface area contributed by atoms with Gasteiger partial charge in [-0.1, -0.05) is 37.3 Å². The molecule has 1 aromatic carbocycles. The third-order valence-corrected chi connectivity index (χ3v) is 5.29. The molecule has 6 heteroatoms. The summed E-state index contributed by atoms with van der Waals surface area (Å²) in [7, 11) is -3.22. The number of sulfone groups is 1. The van der Waals surface area contributed by atoms with Crippen LogP contribution in [0.2, 0.25) is 5.02 Å². The van der Waals surface area contributed by atoms with E-state index in [1.165, 1.54) is 12.1 Å². The van der Waals surface area contributed by atoms with Crippen LogP contribution >= 0.6 is 11.6 Å². The van der Waals surface area contributed by atoms with Gasteiger partial charge in [-0.05, 0) is 37.1 Å². The predicted octanol–water partition coefficient (Wildman–Crippen LogP) is 3.93. The van der Waals surface area contributed by atoms with E-state index in [9.17, 15) is 13.2 Å². The highest BCUT2D eigenvalue weighted by molar-refractivity contribution is 7.91. The zero-order valence-corrected chi connectivity index (χ0v) is 13.5. The third-order valence-electron chi connectivity index (χ3n) is 3.23. The topological polar surface area (TPSA) is 71.4 Å². The van der Waals surface area contributed by atoms with Gasteiger partial charge in [0, 0.05) is 11.4 Å². The fourth-order valence-electron chi connectivity index (χ4n) is 2.04. The van der Waals surface area contributed by atoms with Crippen molar-refractivity contribution in [3.05, 3.63) is 29.3 Å². The molecule has 0 saturated carbocycles. The Morgan fingerprint density at radius 1 is 0.952 bits per heavy atom. The molecule has 1 rings (SSSR count). The summed E-state index contributed by atoms with van der Waals surface area (Å²) in [6, 6.07) is 6.22. The van der Waals surface area contributed by atoms with Gasteiger partial charge in [-0.2, -0.15) is 0 Å². The maximum atomic E-state index is 12.0. The summed E-state index contributed by atoms with van der Waals surface area (Å²) in [5, 5.41) is 9.02. The van der Waals surface area contributed by atoms with Gasteiger partial charge in [0.25, 0.3) is 0 Å². The monoisotopic (exact) mass is 332 g/mol. The van der Waals surface area contributed by atoms with Gasteiger partial charge in [0.2, 0.25) is 0 Å². The Hall–Kier alpha value is -1.07. The minimum atomic E-state index is -3.22. The fraction of sp³-hybridized carbons (Fsp3) is 0.533. The molecule has 0 aliphatic carbocycles. The Morgan fingerprint density at radius 2 is 1.48 bits per heavy atom. The van der Waals surface area contributed by atoms with Crippen molar-refractivity contribution in [1.29, 1.82) is 0 Å². The van der Waals surface area contributed by atoms with E-state index in [1.54, 1.807) is 12.1 Å². The van der Waals surface area contributed by atoms with Crippen LogP contribution < -0.4 is 0 Å². The van der Waals surface area contributed by atoms with Gasteiger partial charge in [-0.25, -0.2) is 8.42 Å². The molecular weight excluding hydrogens is 312 g/mol. The molecule has 0 spiro atoms. The largest absolute Gasteiger partial charge is 0.481 e. The number of hydrogen-bond donors (Lipinski definition) is 1. The van der Waals surface area contributed by atoms with E-state index in [4.69, 9.17) is 16.7 Å². The van der Waals surface area contributed by atoms with Gasteiger partial charge < -0.3 is 5.11 Å². The Bertz CT molecular complexity index is 537. The number of carbonyl (C=O) groups is 1. The molecule has 0 bridgehead atoms. The molecule has 0 amide bonds. The first kappa shape index (κ1) is 18.0. The first-order valence-electron chi connectivity index (χ1n) is 7.12. The van der Waals surface area contributed by atoms with E-state index in [-0.39, 0.29) is 12.2 Å². The Kier molecular flexibility index (Phi) is 7.75. The summed E-state index contributed by atoms with van der Waals surface area (Å²) >= 11 is 5.74. The van der Waals surface area contributed by atoms with E-state index in [1.807, 2.05) is 0 Å². The van der Waals surface area contributed by atoms with Crippen LogP contribution in [0.25, 0.3) is 0 Å². The predicted molar refractivity (Wildman–Crippen MR) is 83.5 cm³/mol. The van der Waals surface area contributed by atoms with Crippen LogP contribution in [-0.4, -0.2) is 25.2 Å². The smallest absolute Gasteiger partial charge is 0.303 e. The van der Waals surface area contributed by atoms with Gasteiger partial charge >= 0.3 is 5.97 Å². The number of benzene rings is 1. The van der Waals surface area contributed by atoms with Crippen molar-refractivity contribution in [3.63, 3.8) is 0 Å². The first-order chi connectivity index (χ1) is 9.92. The Balaban J connectivity index is 2.20. The standard InChI is InChI=1S/C15H21ClO4S/c16-13-8-10-14(11-9-13)21(19,20)12-6-4-2-1-3-5-7-15(17)18/h8-11H,1-7,12H2,(H,17,18). The molecule has 0 saturated heterocycles. The van der Waals surface area contributed by atoms with E-state index >= 15 is 0 Å². The molecule has 0 unspecified atom stereocenters. The van der Waals surface area contributed by atoms with Crippen molar-refractivity contribution in [3.8, 4) is 0 Å². The summed E-state index contributed by atoms with van der Waals surface area (Å²) in [4.78, 5) is 10.6. The molecule has 0 atom stereocenters. The molecule has 0 heterocycles. The number of rotatable bonds is 10. The molecule has 0 fully saturated rings. The number of unbranched alkanes of at least 4 members (excludes halogenated alkanes) is 5. The summed E-state index contributed by atoms with van der Waals surface area (Å²) in [5.74, 6) is -0.618. The minimum Gasteiger partial charge on any atom is -0.481 e. The molecule has 0 radical (unpaired) electrons. The van der Waals surface area contributed by atoms with Crippen LogP contribution in [-0.2, 0) is 14.6 Å². The molecule has 1 N–H and O–H groups in total. The van der Waals surface area contributed by atoms with Crippen LogP contribution in [0.3, 0.4) is 0 Å². The lowest BCUT2D eigenvalue weighted by Gasteiger charge is -2.05. The van der Waals surface area contributed by atoms with Gasteiger partial charge in [-0.3, -0.25) is 4.79 Å². The highest BCUT2D eigenvalue weighted by atomic mass is 35.5. The molecule has 118 valence electrons. The quantitative estimate of drug-likeness (QED) is 0.659. The highest BCUT2D eigenvalue weighted by Crippen LogP contribution is 2.17. The second kappa shape index (κ2) is 9.05. The molecule has 1 aromatic rings. The van der Waals surface area contributed by atoms with Crippen LogP contribution in [0.15, 0.2) is 29.2 Å². The number of carboxylic acid groups (broad SMARTS) is 1. The van der Waals surface area contributed by atoms with Crippen LogP contribution in [0.5, 0.6) is 0 Å². The Morgan fingerprint density at radius 3 is 2.05 bits per heavy atom. The fourth-order valence-corrected chi connectivity index (χ4v) is 3.53. The average Bonchev–Trinajstić information content (AvgIpc) is 2.42. The average molecular weight is 333 g/mol. The van der Waals surface area contributed by atoms with Gasteiger partial charge in [-0.15, -0.1) is 0 Å². The zero-order chi connectivity index (χ0) is 15.7. The Labute approximate surface area is 131 Å². The van der Waals surface area contributed by atoms with Gasteiger partial charge in [0.1, 0.15) is 0 Å². The number of aliphatic carboxylic acids is 1. The maximum absolute atomic E-state index is 12.0. The van der Waals surface area contributed by atoms with Crippen LogP contribution in [0, 0.1) is 0 Å². The molecular formula is C15H21ClO4S. The van der Waals surface area contributed by atoms with Crippen molar-refractivity contribution < 1.29 is 18.3 Å². The highest BCUT2D eigenvalue weighted by Gasteiger charge is 2.13. The molecule has 0 aliphatic heterocycles. The zero-order valence-electron chi connectivity index (χ0n) is 11.9. The first-order valence-corrected chi connectivity index (χ1v) is 9.15. The van der Waals surface area contributed by atoms with Crippen molar-refractivity contribution in [1.82, 2.24) is 0 Å². The van der Waals surface area contributed by atoms with E-state index in [2.05, 4.69) is 0 Å². The molecule has 4 nitrogen and oxygen atoms in total. The number of halogens is 1. The van der Waals surface area contributed by atoms with Gasteiger partial charge in [0.05, 0.1) is 10.6 Å². The van der Waals surface area contributed by atoms with Crippen LogP contribution in [0.4, 0.5) is 0 Å². The van der Waals surface area contributed by atoms with Crippen molar-refractivity contribution in [2.75, 3.05) is 5.75 Å². The lowest BCUT2D eigenvalue weighted by molar-refractivity contribution is -0.137. The van der Waals surface area contributed by atoms with E-state index in [0.29, 0.717) is 22.8 Å². The molecule has 0 aliphatic rings. The van der Waals surface area contributed by atoms with Crippen molar-refractivity contribution in [2.45, 2.75) is 49.8 Å². The SMILES string of the molecule is O=C(O)CCCCCCCCS(=O)(=O)c1ccc(Cl)cc1. The normalized spacial score (nSPS) is 11.5. The number of carboxylic acids is 1. The summed E-state index contributed by atoms with van der Waals surface area (Å²) in [5.41, 5.74) is 0. The lowest BCUT2D eigenvalue weighted by Crippen LogP contribution is -2.06. The van der Waals surface area contributed by atoms with Crippen molar-refractivity contribution in [2.24, 2.45) is 0 Å². The van der Waals surface area contributed by atoms with Gasteiger partial charge in [0.15, 0.2) is 9.84 Å². The number of hydrogen-bond acceptors (Lipinski definition) is 3. The van der Waals surface area contributed by atoms with E-state index in [0.717, 1.165) is 25.7 Å². The third kappa shape index (κ3) is 7.48. The summed E-state index contributed by atoms with van der Waals surface area (Å²) < 4.78 is 24.1. The second-order valence-electron chi connectivity index (χ2n) is 5.04. The summed E-state index contributed by atoms with van der Waals surface area (Å²) in [6.45, 7) is 0.